The van der Waals surface area contributed by atoms with Crippen molar-refractivity contribution in [3.63, 3.8) is 0 Å². The number of nitrogens with zero attached hydrogens (tertiary/aromatic N) is 1. The van der Waals surface area contributed by atoms with Crippen LogP contribution in [0.4, 0.5) is 5.69 Å². The van der Waals surface area contributed by atoms with Crippen LogP contribution >= 0.6 is 27.3 Å². The molecule has 0 bridgehead atoms. The molecule has 0 amide bonds. The van der Waals surface area contributed by atoms with Crippen LogP contribution in [-0.2, 0) is 6.54 Å². The van der Waals surface area contributed by atoms with E-state index >= 15 is 0 Å². The lowest BCUT2D eigenvalue weighted by Crippen LogP contribution is -1.99. The molecule has 1 heterocycles. The number of hydrogen-bond acceptors (Lipinski definition) is 4. The molecule has 0 saturated carbocycles. The van der Waals surface area contributed by atoms with Crippen molar-refractivity contribution in [1.29, 1.82) is 0 Å². The maximum absolute atomic E-state index is 9.82. The number of rotatable bonds is 3. The van der Waals surface area contributed by atoms with Crippen LogP contribution < -0.4 is 5.32 Å². The van der Waals surface area contributed by atoms with Crippen molar-refractivity contribution >= 4 is 43.2 Å². The lowest BCUT2D eigenvalue weighted by Gasteiger charge is -2.08. The van der Waals surface area contributed by atoms with E-state index in [9.17, 15) is 5.11 Å². The quantitative estimate of drug-likeness (QED) is 0.721. The number of thiazole rings is 1. The molecule has 0 saturated heterocycles. The number of aromatic hydroxyl groups is 1. The van der Waals surface area contributed by atoms with Crippen LogP contribution in [-0.4, -0.2) is 10.1 Å². The van der Waals surface area contributed by atoms with E-state index in [0.717, 1.165) is 26.2 Å². The second kappa shape index (κ2) is 5.42. The van der Waals surface area contributed by atoms with Crippen molar-refractivity contribution in [2.75, 3.05) is 5.32 Å². The van der Waals surface area contributed by atoms with E-state index in [1.807, 2.05) is 31.2 Å². The van der Waals surface area contributed by atoms with E-state index < -0.39 is 0 Å². The largest absolute Gasteiger partial charge is 0.508 e. The van der Waals surface area contributed by atoms with Crippen LogP contribution in [0.5, 0.6) is 5.75 Å². The first-order valence-electron chi connectivity index (χ1n) is 6.20. The van der Waals surface area contributed by atoms with Crippen molar-refractivity contribution in [3.8, 4) is 5.75 Å². The third kappa shape index (κ3) is 2.78. The van der Waals surface area contributed by atoms with Gasteiger partial charge in [-0.1, -0.05) is 15.9 Å². The number of nitrogens with one attached hydrogen (secondary N) is 1. The van der Waals surface area contributed by atoms with Gasteiger partial charge >= 0.3 is 0 Å². The Hall–Kier alpha value is -1.59. The van der Waals surface area contributed by atoms with E-state index in [4.69, 9.17) is 0 Å². The van der Waals surface area contributed by atoms with Crippen molar-refractivity contribution in [1.82, 2.24) is 4.98 Å². The first-order chi connectivity index (χ1) is 9.61. The fraction of sp³-hybridized carbons (Fsp3) is 0.133. The van der Waals surface area contributed by atoms with Gasteiger partial charge in [-0.25, -0.2) is 4.98 Å². The molecule has 20 heavy (non-hydrogen) atoms. The molecular formula is C15H13BrN2OS. The average Bonchev–Trinajstić information content (AvgIpc) is 2.79. The van der Waals surface area contributed by atoms with Crippen LogP contribution in [0.15, 0.2) is 40.9 Å². The van der Waals surface area contributed by atoms with Crippen LogP contribution in [0.2, 0.25) is 0 Å². The predicted octanol–water partition coefficient (Wildman–Crippen LogP) is 4.68. The Morgan fingerprint density at radius 3 is 2.95 bits per heavy atom. The summed E-state index contributed by atoms with van der Waals surface area (Å²) in [5.41, 5.74) is 2.92. The molecule has 2 aromatic carbocycles. The Morgan fingerprint density at radius 2 is 2.10 bits per heavy atom. The van der Waals surface area contributed by atoms with Gasteiger partial charge < -0.3 is 10.4 Å². The van der Waals surface area contributed by atoms with Crippen LogP contribution in [0.3, 0.4) is 0 Å². The summed E-state index contributed by atoms with van der Waals surface area (Å²) in [5.74, 6) is 0.301. The van der Waals surface area contributed by atoms with E-state index in [1.165, 1.54) is 4.70 Å². The molecule has 0 unspecified atom stereocenters. The molecule has 5 heteroatoms. The number of halogens is 1. The molecule has 3 nitrogen and oxygen atoms in total. The van der Waals surface area contributed by atoms with Gasteiger partial charge in [0.2, 0.25) is 0 Å². The van der Waals surface area contributed by atoms with E-state index in [-0.39, 0.29) is 0 Å². The zero-order valence-corrected chi connectivity index (χ0v) is 13.3. The first-order valence-corrected chi connectivity index (χ1v) is 7.81. The summed E-state index contributed by atoms with van der Waals surface area (Å²) in [6, 6.07) is 11.5. The first kappa shape index (κ1) is 13.4. The van der Waals surface area contributed by atoms with Crippen molar-refractivity contribution in [2.24, 2.45) is 0 Å². The van der Waals surface area contributed by atoms with Gasteiger partial charge in [-0.15, -0.1) is 11.3 Å². The van der Waals surface area contributed by atoms with Crippen LogP contribution in [0, 0.1) is 6.92 Å². The molecule has 0 aliphatic carbocycles. The standard InChI is InChI=1S/C15H13BrN2OS/c1-9-18-13-4-3-12(7-15(13)20-9)17-8-10-6-11(16)2-5-14(10)19/h2-7,17,19H,8H2,1H3. The number of anilines is 1. The van der Waals surface area contributed by atoms with Crippen LogP contribution in [0.1, 0.15) is 10.6 Å². The predicted molar refractivity (Wildman–Crippen MR) is 87.5 cm³/mol. The van der Waals surface area contributed by atoms with Gasteiger partial charge in [0, 0.05) is 22.3 Å². The number of hydrogen-bond donors (Lipinski definition) is 2. The van der Waals surface area contributed by atoms with E-state index in [0.29, 0.717) is 12.3 Å². The number of benzene rings is 2. The monoisotopic (exact) mass is 348 g/mol. The zero-order valence-electron chi connectivity index (χ0n) is 10.9. The smallest absolute Gasteiger partial charge is 0.120 e. The number of phenols is 1. The average molecular weight is 349 g/mol. The molecule has 0 aliphatic heterocycles. The maximum Gasteiger partial charge on any atom is 0.120 e. The summed E-state index contributed by atoms with van der Waals surface area (Å²) < 4.78 is 2.13. The summed E-state index contributed by atoms with van der Waals surface area (Å²) in [4.78, 5) is 4.44. The van der Waals surface area contributed by atoms with Crippen molar-refractivity contribution in [3.05, 3.63) is 51.4 Å². The minimum atomic E-state index is 0.301. The SMILES string of the molecule is Cc1nc2ccc(NCc3cc(Br)ccc3O)cc2s1. The highest BCUT2D eigenvalue weighted by Crippen LogP contribution is 2.26. The summed E-state index contributed by atoms with van der Waals surface area (Å²) in [6.07, 6.45) is 0. The fourth-order valence-electron chi connectivity index (χ4n) is 2.04. The van der Waals surface area contributed by atoms with Gasteiger partial charge in [0.15, 0.2) is 0 Å². The van der Waals surface area contributed by atoms with Gasteiger partial charge in [-0.05, 0) is 43.3 Å². The normalized spacial score (nSPS) is 10.9. The topological polar surface area (TPSA) is 45.2 Å². The summed E-state index contributed by atoms with van der Waals surface area (Å²) >= 11 is 5.10. The fourth-order valence-corrected chi connectivity index (χ4v) is 3.32. The minimum absolute atomic E-state index is 0.301. The molecule has 3 rings (SSSR count). The lowest BCUT2D eigenvalue weighted by molar-refractivity contribution is 0.469. The van der Waals surface area contributed by atoms with Crippen LogP contribution in [0.25, 0.3) is 10.2 Å². The van der Waals surface area contributed by atoms with Gasteiger partial charge in [0.1, 0.15) is 5.75 Å². The third-order valence-corrected chi connectivity index (χ3v) is 4.45. The zero-order chi connectivity index (χ0) is 14.1. The number of phenolic OH excluding ortho intramolecular Hbond substituents is 1. The van der Waals surface area contributed by atoms with Gasteiger partial charge in [-0.3, -0.25) is 0 Å². The Balaban J connectivity index is 1.80. The highest BCUT2D eigenvalue weighted by molar-refractivity contribution is 9.10. The Labute approximate surface area is 129 Å². The van der Waals surface area contributed by atoms with E-state index in [1.54, 1.807) is 17.4 Å². The Morgan fingerprint density at radius 1 is 1.25 bits per heavy atom. The molecule has 0 aliphatic rings. The summed E-state index contributed by atoms with van der Waals surface area (Å²) in [7, 11) is 0. The van der Waals surface area contributed by atoms with E-state index in [2.05, 4.69) is 32.3 Å². The molecule has 2 N–H and O–H groups in total. The lowest BCUT2D eigenvalue weighted by atomic mass is 10.2. The highest BCUT2D eigenvalue weighted by atomic mass is 79.9. The number of fused-ring (bicyclic) bond motifs is 1. The summed E-state index contributed by atoms with van der Waals surface area (Å²) in [6.45, 7) is 2.59. The molecule has 0 radical (unpaired) electrons. The molecular weight excluding hydrogens is 336 g/mol. The number of aryl methyl sites for hydroxylation is 1. The summed E-state index contributed by atoms with van der Waals surface area (Å²) in [5, 5.41) is 14.2. The molecule has 0 spiro atoms. The number of aromatic nitrogens is 1. The maximum atomic E-state index is 9.82. The molecule has 0 fully saturated rings. The second-order valence-electron chi connectivity index (χ2n) is 4.54. The molecule has 0 atom stereocenters. The van der Waals surface area contributed by atoms with Crippen molar-refractivity contribution < 1.29 is 5.11 Å². The highest BCUT2D eigenvalue weighted by Gasteiger charge is 2.04. The minimum Gasteiger partial charge on any atom is -0.508 e. The Bertz CT molecular complexity index is 770. The molecule has 1 aromatic heterocycles. The van der Waals surface area contributed by atoms with Crippen molar-refractivity contribution in [2.45, 2.75) is 13.5 Å². The molecule has 3 aromatic rings. The van der Waals surface area contributed by atoms with Gasteiger partial charge in [0.05, 0.1) is 15.2 Å². The van der Waals surface area contributed by atoms with Gasteiger partial charge in [-0.2, -0.15) is 0 Å². The third-order valence-electron chi connectivity index (χ3n) is 3.02. The Kier molecular flexibility index (Phi) is 3.63. The molecule has 102 valence electrons. The second-order valence-corrected chi connectivity index (χ2v) is 6.69. The van der Waals surface area contributed by atoms with Gasteiger partial charge in [0.25, 0.3) is 0 Å².